The van der Waals surface area contributed by atoms with Crippen molar-refractivity contribution < 1.29 is 28.9 Å². The van der Waals surface area contributed by atoms with Crippen LogP contribution in [-0.2, 0) is 41.7 Å². The minimum absolute atomic E-state index is 0.138. The molecule has 42 heavy (non-hydrogen) atoms. The van der Waals surface area contributed by atoms with Crippen LogP contribution in [0.4, 0.5) is 0 Å². The smallest absolute Gasteiger partial charge is 0.219 e. The normalized spacial score (nSPS) is 19.1. The largest absolute Gasteiger partial charge is 0.313 e. The Bertz CT molecular complexity index is 1110. The van der Waals surface area contributed by atoms with E-state index in [0.717, 1.165) is 11.1 Å². The number of carbonyl (C=O) groups excluding carboxylic acids is 4. The van der Waals surface area contributed by atoms with Crippen LogP contribution in [0.1, 0.15) is 52.7 Å². The number of benzene rings is 2. The number of nitrogens with one attached hydrogen (secondary N) is 4. The van der Waals surface area contributed by atoms with E-state index in [0.29, 0.717) is 0 Å². The Balaban J connectivity index is 1.71. The lowest BCUT2D eigenvalue weighted by Crippen LogP contribution is -2.64. The van der Waals surface area contributed by atoms with E-state index in [1.165, 1.54) is 0 Å². The molecule has 10 nitrogen and oxygen atoms in total. The van der Waals surface area contributed by atoms with Crippen LogP contribution in [0, 0.1) is 0 Å². The molecule has 2 aromatic rings. The van der Waals surface area contributed by atoms with Crippen molar-refractivity contribution in [2.24, 2.45) is 0 Å². The molecule has 3 rings (SSSR count). The maximum atomic E-state index is 13.4. The maximum Gasteiger partial charge on any atom is 0.219 e. The first kappa shape index (κ1) is 33.4. The third kappa shape index (κ3) is 10.6. The molecular weight excluding hydrogens is 536 g/mol. The summed E-state index contributed by atoms with van der Waals surface area (Å²) in [7, 11) is 0. The Morgan fingerprint density at radius 1 is 0.690 bits per heavy atom. The zero-order chi connectivity index (χ0) is 30.9. The van der Waals surface area contributed by atoms with Gasteiger partial charge in [0.05, 0.1) is 23.3 Å². The molecule has 0 amide bonds. The average Bonchev–Trinajstić information content (AvgIpc) is 2.96. The maximum absolute atomic E-state index is 13.4. The molecule has 4 atom stereocenters. The topological polar surface area (TPSA) is 135 Å². The Morgan fingerprint density at radius 2 is 1.05 bits per heavy atom. The van der Waals surface area contributed by atoms with Gasteiger partial charge in [-0.2, -0.15) is 11.0 Å². The molecule has 0 radical (unpaired) electrons. The van der Waals surface area contributed by atoms with Crippen LogP contribution in [0.2, 0.25) is 0 Å². The molecular formula is C32H44N4O6. The first-order chi connectivity index (χ1) is 19.7. The molecule has 1 fully saturated rings. The lowest BCUT2D eigenvalue weighted by atomic mass is 9.93. The summed E-state index contributed by atoms with van der Waals surface area (Å²) in [6.45, 7) is 11.3. The number of hydroxylamine groups is 2. The minimum atomic E-state index is -0.992. The van der Waals surface area contributed by atoms with Gasteiger partial charge < -0.3 is 5.32 Å². The van der Waals surface area contributed by atoms with Gasteiger partial charge in [0.15, 0.2) is 0 Å². The monoisotopic (exact) mass is 580 g/mol. The van der Waals surface area contributed by atoms with E-state index in [1.807, 2.05) is 102 Å². The van der Waals surface area contributed by atoms with Gasteiger partial charge in [-0.05, 0) is 65.5 Å². The molecule has 0 aromatic heterocycles. The first-order valence-electron chi connectivity index (χ1n) is 14.3. The van der Waals surface area contributed by atoms with E-state index in [9.17, 15) is 19.2 Å². The van der Waals surface area contributed by atoms with Crippen molar-refractivity contribution in [3.05, 3.63) is 71.8 Å². The molecule has 1 aliphatic rings. The molecule has 2 aromatic carbocycles. The van der Waals surface area contributed by atoms with Crippen LogP contribution in [0.3, 0.4) is 0 Å². The summed E-state index contributed by atoms with van der Waals surface area (Å²) in [6, 6.07) is 14.8. The summed E-state index contributed by atoms with van der Waals surface area (Å²) in [6.07, 6.45) is 0.478. The number of Topliss-reactive ketones (excluding diaryl/α,β-unsaturated/α-hetero) is 4. The fraction of sp³-hybridized carbons (Fsp3) is 0.500. The summed E-state index contributed by atoms with van der Waals surface area (Å²) in [5, 5.41) is 5.99. The van der Waals surface area contributed by atoms with Gasteiger partial charge in [-0.25, -0.2) is 0 Å². The van der Waals surface area contributed by atoms with Crippen molar-refractivity contribution in [1.29, 1.82) is 0 Å². The van der Waals surface area contributed by atoms with Crippen molar-refractivity contribution in [2.45, 2.75) is 89.8 Å². The Labute approximate surface area is 248 Å². The molecule has 10 heteroatoms. The van der Waals surface area contributed by atoms with Gasteiger partial charge in [-0.1, -0.05) is 60.7 Å². The van der Waals surface area contributed by atoms with Crippen molar-refractivity contribution in [3.63, 3.8) is 0 Å². The summed E-state index contributed by atoms with van der Waals surface area (Å²) in [5.41, 5.74) is 6.09. The second-order valence-corrected chi connectivity index (χ2v) is 12.5. The molecule has 2 unspecified atom stereocenters. The van der Waals surface area contributed by atoms with Crippen molar-refractivity contribution >= 4 is 23.1 Å². The van der Waals surface area contributed by atoms with E-state index in [1.54, 1.807) is 0 Å². The molecule has 228 valence electrons. The van der Waals surface area contributed by atoms with Gasteiger partial charge in [0.1, 0.15) is 12.1 Å². The van der Waals surface area contributed by atoms with Gasteiger partial charge in [-0.3, -0.25) is 34.2 Å². The highest BCUT2D eigenvalue weighted by molar-refractivity contribution is 6.42. The van der Waals surface area contributed by atoms with Crippen LogP contribution < -0.4 is 21.6 Å². The predicted molar refractivity (Wildman–Crippen MR) is 159 cm³/mol. The highest BCUT2D eigenvalue weighted by Crippen LogP contribution is 2.13. The number of hydrogen-bond acceptors (Lipinski definition) is 10. The molecule has 0 bridgehead atoms. The van der Waals surface area contributed by atoms with Gasteiger partial charge in [0, 0.05) is 13.1 Å². The third-order valence-electron chi connectivity index (χ3n) is 6.43. The average molecular weight is 581 g/mol. The van der Waals surface area contributed by atoms with E-state index in [4.69, 9.17) is 9.68 Å². The SMILES string of the molecule is CC(C)(C)ON[C@@H](Cc1ccccc1)C(=O)C(=O)C1CNCC(C(=O)C(=O)[C@H](Cc2ccccc2)NOC(C)(C)C)N1. The van der Waals surface area contributed by atoms with E-state index in [-0.39, 0.29) is 25.9 Å². The lowest BCUT2D eigenvalue weighted by molar-refractivity contribution is -0.147. The molecule has 0 spiro atoms. The Kier molecular flexibility index (Phi) is 11.8. The predicted octanol–water partition coefficient (Wildman–Crippen LogP) is 2.05. The second kappa shape index (κ2) is 14.9. The lowest BCUT2D eigenvalue weighted by Gasteiger charge is -2.31. The molecule has 4 N–H and O–H groups in total. The van der Waals surface area contributed by atoms with Crippen LogP contribution in [0.15, 0.2) is 60.7 Å². The number of piperazine rings is 1. The van der Waals surface area contributed by atoms with Crippen LogP contribution in [-0.4, -0.2) is 71.6 Å². The number of carbonyl (C=O) groups is 4. The summed E-state index contributed by atoms with van der Waals surface area (Å²) in [5.74, 6) is -2.75. The van der Waals surface area contributed by atoms with Gasteiger partial charge in [0.2, 0.25) is 23.1 Å². The summed E-state index contributed by atoms with van der Waals surface area (Å²) >= 11 is 0. The van der Waals surface area contributed by atoms with Crippen molar-refractivity contribution in [2.75, 3.05) is 13.1 Å². The zero-order valence-electron chi connectivity index (χ0n) is 25.4. The van der Waals surface area contributed by atoms with Gasteiger partial charge in [-0.15, -0.1) is 0 Å². The highest BCUT2D eigenvalue weighted by atomic mass is 16.7. The summed E-state index contributed by atoms with van der Waals surface area (Å²) < 4.78 is 0. The zero-order valence-corrected chi connectivity index (χ0v) is 25.4. The fourth-order valence-corrected chi connectivity index (χ4v) is 4.33. The van der Waals surface area contributed by atoms with Crippen LogP contribution in [0.5, 0.6) is 0 Å². The molecule has 1 aliphatic heterocycles. The van der Waals surface area contributed by atoms with E-state index >= 15 is 0 Å². The molecule has 1 saturated heterocycles. The van der Waals surface area contributed by atoms with Gasteiger partial charge >= 0.3 is 0 Å². The second-order valence-electron chi connectivity index (χ2n) is 12.5. The van der Waals surface area contributed by atoms with E-state index < -0.39 is 58.5 Å². The van der Waals surface area contributed by atoms with Gasteiger partial charge in [0.25, 0.3) is 0 Å². The van der Waals surface area contributed by atoms with Crippen molar-refractivity contribution in [3.8, 4) is 0 Å². The molecule has 0 saturated carbocycles. The van der Waals surface area contributed by atoms with E-state index in [2.05, 4.69) is 21.6 Å². The molecule has 0 aliphatic carbocycles. The van der Waals surface area contributed by atoms with Crippen LogP contribution in [0.25, 0.3) is 0 Å². The quantitative estimate of drug-likeness (QED) is 0.194. The number of hydrogen-bond donors (Lipinski definition) is 4. The third-order valence-corrected chi connectivity index (χ3v) is 6.43. The summed E-state index contributed by atoms with van der Waals surface area (Å²) in [4.78, 5) is 65.0. The number of rotatable bonds is 14. The number of ketones is 4. The fourth-order valence-electron chi connectivity index (χ4n) is 4.33. The molecule has 1 heterocycles. The Morgan fingerprint density at radius 3 is 1.38 bits per heavy atom. The van der Waals surface area contributed by atoms with Crippen molar-refractivity contribution in [1.82, 2.24) is 21.6 Å². The first-order valence-corrected chi connectivity index (χ1v) is 14.3. The Hall–Kier alpha value is -3.12. The van der Waals surface area contributed by atoms with Crippen LogP contribution >= 0.6 is 0 Å². The standard InChI is InChI=1S/C32H44N4O6/c1-31(2,3)41-35-23(17-21-13-9-7-10-14-21)27(37)29(39)25-19-33-20-26(34-25)30(40)28(38)24(36-42-32(4,5)6)18-22-15-11-8-12-16-22/h7-16,23-26,33-36H,17-20H2,1-6H3/t23-,24-,25?,26?/m0/s1. The minimum Gasteiger partial charge on any atom is -0.313 e. The highest BCUT2D eigenvalue weighted by Gasteiger charge is 2.39.